The molecule has 0 spiro atoms. The Morgan fingerprint density at radius 1 is 1.42 bits per heavy atom. The van der Waals surface area contributed by atoms with Gasteiger partial charge >= 0.3 is 5.97 Å². The molecule has 1 atom stereocenters. The zero-order valence-electron chi connectivity index (χ0n) is 11.3. The highest BCUT2D eigenvalue weighted by Gasteiger charge is 2.14. The summed E-state index contributed by atoms with van der Waals surface area (Å²) >= 11 is 1.08. The Hall–Kier alpha value is -1.47. The lowest BCUT2D eigenvalue weighted by Gasteiger charge is -2.14. The van der Waals surface area contributed by atoms with Crippen molar-refractivity contribution in [2.75, 3.05) is 6.54 Å². The maximum absolute atomic E-state index is 11.7. The van der Waals surface area contributed by atoms with Gasteiger partial charge in [-0.25, -0.2) is 9.78 Å². The Morgan fingerprint density at radius 2 is 2.11 bits per heavy atom. The van der Waals surface area contributed by atoms with E-state index >= 15 is 0 Å². The average molecular weight is 285 g/mol. The van der Waals surface area contributed by atoms with Crippen LogP contribution in [0.25, 0.3) is 0 Å². The Labute approximate surface area is 116 Å². The van der Waals surface area contributed by atoms with Crippen LogP contribution in [0.2, 0.25) is 0 Å². The number of nitrogens with one attached hydrogen (secondary N) is 2. The second-order valence-corrected chi connectivity index (χ2v) is 5.55. The fraction of sp³-hybridized carbons (Fsp3) is 0.583. The molecule has 1 amide bonds. The SMILES string of the molecule is CC(C)CNC(=O)C(C)NCc1csc(C(=O)O)n1. The molecule has 1 aromatic rings. The van der Waals surface area contributed by atoms with Crippen molar-refractivity contribution < 1.29 is 14.7 Å². The maximum Gasteiger partial charge on any atom is 0.365 e. The zero-order chi connectivity index (χ0) is 14.4. The molecule has 0 radical (unpaired) electrons. The van der Waals surface area contributed by atoms with Gasteiger partial charge in [0.25, 0.3) is 0 Å². The summed E-state index contributed by atoms with van der Waals surface area (Å²) in [5, 5.41) is 16.3. The third-order valence-corrected chi connectivity index (χ3v) is 3.28. The van der Waals surface area contributed by atoms with Gasteiger partial charge in [0.15, 0.2) is 0 Å². The van der Waals surface area contributed by atoms with Crippen molar-refractivity contribution in [1.82, 2.24) is 15.6 Å². The monoisotopic (exact) mass is 285 g/mol. The van der Waals surface area contributed by atoms with Gasteiger partial charge in [-0.05, 0) is 12.8 Å². The number of rotatable bonds is 7. The lowest BCUT2D eigenvalue weighted by molar-refractivity contribution is -0.122. The summed E-state index contributed by atoms with van der Waals surface area (Å²) in [5.41, 5.74) is 0.630. The fourth-order valence-electron chi connectivity index (χ4n) is 1.29. The molecule has 1 aromatic heterocycles. The van der Waals surface area contributed by atoms with Gasteiger partial charge in [-0.3, -0.25) is 4.79 Å². The second-order valence-electron chi connectivity index (χ2n) is 4.69. The number of carboxylic acids is 1. The van der Waals surface area contributed by atoms with Crippen LogP contribution in [0.1, 0.15) is 36.3 Å². The summed E-state index contributed by atoms with van der Waals surface area (Å²) in [6.07, 6.45) is 0. The Morgan fingerprint density at radius 3 is 2.63 bits per heavy atom. The van der Waals surface area contributed by atoms with E-state index in [0.29, 0.717) is 24.7 Å². The summed E-state index contributed by atoms with van der Waals surface area (Å²) in [4.78, 5) is 26.3. The summed E-state index contributed by atoms with van der Waals surface area (Å²) in [7, 11) is 0. The summed E-state index contributed by atoms with van der Waals surface area (Å²) < 4.78 is 0. The third-order valence-electron chi connectivity index (χ3n) is 2.40. The number of aromatic nitrogens is 1. The Kier molecular flexibility index (Phi) is 5.91. The van der Waals surface area contributed by atoms with Gasteiger partial charge < -0.3 is 15.7 Å². The molecule has 1 rings (SSSR count). The summed E-state index contributed by atoms with van der Waals surface area (Å²) in [6, 6.07) is -0.339. The van der Waals surface area contributed by atoms with E-state index < -0.39 is 5.97 Å². The molecule has 0 saturated carbocycles. The fourth-order valence-corrected chi connectivity index (χ4v) is 1.95. The second kappa shape index (κ2) is 7.20. The molecule has 3 N–H and O–H groups in total. The first kappa shape index (κ1) is 15.6. The lowest BCUT2D eigenvalue weighted by Crippen LogP contribution is -2.43. The topological polar surface area (TPSA) is 91.3 Å². The molecule has 0 bridgehead atoms. The summed E-state index contributed by atoms with van der Waals surface area (Å²) in [5.74, 6) is -0.686. The van der Waals surface area contributed by atoms with Crippen molar-refractivity contribution in [3.8, 4) is 0 Å². The molecule has 6 nitrogen and oxygen atoms in total. The molecule has 1 heterocycles. The van der Waals surface area contributed by atoms with Crippen LogP contribution in [0.4, 0.5) is 0 Å². The van der Waals surface area contributed by atoms with Crippen LogP contribution < -0.4 is 10.6 Å². The van der Waals surface area contributed by atoms with Crippen molar-refractivity contribution >= 4 is 23.2 Å². The quantitative estimate of drug-likeness (QED) is 0.697. The van der Waals surface area contributed by atoms with E-state index in [1.54, 1.807) is 12.3 Å². The molecule has 19 heavy (non-hydrogen) atoms. The number of thiazole rings is 1. The van der Waals surface area contributed by atoms with Gasteiger partial charge in [0.2, 0.25) is 10.9 Å². The van der Waals surface area contributed by atoms with Crippen LogP contribution in [0.3, 0.4) is 0 Å². The number of carbonyl (C=O) groups excluding carboxylic acids is 1. The minimum Gasteiger partial charge on any atom is -0.476 e. The minimum absolute atomic E-state index is 0.0636. The first-order valence-corrected chi connectivity index (χ1v) is 6.97. The molecule has 0 aliphatic rings. The van der Waals surface area contributed by atoms with Gasteiger partial charge in [0.1, 0.15) is 0 Å². The van der Waals surface area contributed by atoms with Gasteiger partial charge in [0.05, 0.1) is 11.7 Å². The highest BCUT2D eigenvalue weighted by atomic mass is 32.1. The maximum atomic E-state index is 11.7. The van der Waals surface area contributed by atoms with E-state index in [1.165, 1.54) is 0 Å². The van der Waals surface area contributed by atoms with Gasteiger partial charge in [-0.15, -0.1) is 11.3 Å². The Balaban J connectivity index is 2.38. The molecular weight excluding hydrogens is 266 g/mol. The number of amides is 1. The highest BCUT2D eigenvalue weighted by molar-refractivity contribution is 7.11. The highest BCUT2D eigenvalue weighted by Crippen LogP contribution is 2.09. The van der Waals surface area contributed by atoms with Crippen molar-refractivity contribution in [2.24, 2.45) is 5.92 Å². The zero-order valence-corrected chi connectivity index (χ0v) is 12.1. The predicted molar refractivity (Wildman–Crippen MR) is 73.2 cm³/mol. The number of carbonyl (C=O) groups is 2. The van der Waals surface area contributed by atoms with E-state index in [4.69, 9.17) is 5.11 Å². The number of carboxylic acid groups (broad SMARTS) is 1. The molecule has 0 aliphatic carbocycles. The number of hydrogen-bond donors (Lipinski definition) is 3. The lowest BCUT2D eigenvalue weighted by atomic mass is 10.2. The van der Waals surface area contributed by atoms with Crippen LogP contribution >= 0.6 is 11.3 Å². The first-order valence-electron chi connectivity index (χ1n) is 6.09. The summed E-state index contributed by atoms with van der Waals surface area (Å²) in [6.45, 7) is 6.84. The minimum atomic E-state index is -1.03. The van der Waals surface area contributed by atoms with Crippen LogP contribution in [0.15, 0.2) is 5.38 Å². The first-order chi connectivity index (χ1) is 8.90. The van der Waals surface area contributed by atoms with Gasteiger partial charge in [0, 0.05) is 18.5 Å². The van der Waals surface area contributed by atoms with E-state index in [1.807, 2.05) is 13.8 Å². The number of nitrogens with zero attached hydrogens (tertiary/aromatic N) is 1. The number of aromatic carboxylic acids is 1. The smallest absolute Gasteiger partial charge is 0.365 e. The normalized spacial score (nSPS) is 12.4. The van der Waals surface area contributed by atoms with Crippen molar-refractivity contribution in [2.45, 2.75) is 33.4 Å². The van der Waals surface area contributed by atoms with Crippen molar-refractivity contribution in [3.05, 3.63) is 16.1 Å². The third kappa shape index (κ3) is 5.35. The van der Waals surface area contributed by atoms with E-state index in [0.717, 1.165) is 11.3 Å². The van der Waals surface area contributed by atoms with Crippen LogP contribution in [0.5, 0.6) is 0 Å². The van der Waals surface area contributed by atoms with E-state index in [2.05, 4.69) is 15.6 Å². The number of hydrogen-bond acceptors (Lipinski definition) is 5. The standard InChI is InChI=1S/C12H19N3O3S/c1-7(2)4-14-10(16)8(3)13-5-9-6-19-11(15-9)12(17)18/h6-8,13H,4-5H2,1-3H3,(H,14,16)(H,17,18). The van der Waals surface area contributed by atoms with Crippen LogP contribution in [0, 0.1) is 5.92 Å². The van der Waals surface area contributed by atoms with Crippen LogP contribution in [-0.4, -0.2) is 34.6 Å². The Bertz CT molecular complexity index is 445. The molecule has 0 saturated heterocycles. The van der Waals surface area contributed by atoms with Gasteiger partial charge in [-0.2, -0.15) is 0 Å². The van der Waals surface area contributed by atoms with Crippen LogP contribution in [-0.2, 0) is 11.3 Å². The molecule has 106 valence electrons. The molecule has 0 fully saturated rings. The predicted octanol–water partition coefficient (Wildman–Crippen LogP) is 1.09. The molecule has 0 aliphatic heterocycles. The van der Waals surface area contributed by atoms with Crippen molar-refractivity contribution in [1.29, 1.82) is 0 Å². The van der Waals surface area contributed by atoms with E-state index in [9.17, 15) is 9.59 Å². The molecular formula is C12H19N3O3S. The molecule has 0 aromatic carbocycles. The average Bonchev–Trinajstić information content (AvgIpc) is 2.81. The molecule has 1 unspecified atom stereocenters. The largest absolute Gasteiger partial charge is 0.476 e. The van der Waals surface area contributed by atoms with Crippen molar-refractivity contribution in [3.63, 3.8) is 0 Å². The molecule has 7 heteroatoms. The van der Waals surface area contributed by atoms with Gasteiger partial charge in [-0.1, -0.05) is 13.8 Å². The van der Waals surface area contributed by atoms with E-state index in [-0.39, 0.29) is 17.0 Å².